The largest absolute Gasteiger partial charge is 0.236 e. The lowest BCUT2D eigenvalue weighted by molar-refractivity contribution is 0.827. The Morgan fingerprint density at radius 1 is 1.11 bits per heavy atom. The lowest BCUT2D eigenvalue weighted by Gasteiger charge is -2.03. The third-order valence-corrected chi connectivity index (χ3v) is 3.93. The fourth-order valence-corrected chi connectivity index (χ4v) is 3.04. The van der Waals surface area contributed by atoms with E-state index in [2.05, 4.69) is 40.7 Å². The molecule has 2 aromatic heterocycles. The molecule has 0 atom stereocenters. The summed E-state index contributed by atoms with van der Waals surface area (Å²) in [7, 11) is 0. The molecule has 0 N–H and O–H groups in total. The second-order valence-corrected chi connectivity index (χ2v) is 5.15. The van der Waals surface area contributed by atoms with Crippen molar-refractivity contribution in [2.24, 2.45) is 0 Å². The highest BCUT2D eigenvalue weighted by Gasteiger charge is 2.19. The van der Waals surface area contributed by atoms with Crippen LogP contribution in [0, 0.1) is 6.92 Å². The van der Waals surface area contributed by atoms with E-state index < -0.39 is 0 Å². The highest BCUT2D eigenvalue weighted by molar-refractivity contribution is 5.79. The molecule has 0 bridgehead atoms. The van der Waals surface area contributed by atoms with Gasteiger partial charge in [0, 0.05) is 17.5 Å². The monoisotopic (exact) mass is 249 g/mol. The van der Waals surface area contributed by atoms with Crippen LogP contribution in [-0.4, -0.2) is 14.6 Å². The molecule has 19 heavy (non-hydrogen) atoms. The van der Waals surface area contributed by atoms with Crippen LogP contribution in [0.5, 0.6) is 0 Å². The molecule has 2 heterocycles. The van der Waals surface area contributed by atoms with E-state index in [0.717, 1.165) is 29.7 Å². The molecule has 1 aliphatic carbocycles. The van der Waals surface area contributed by atoms with E-state index in [9.17, 15) is 0 Å². The minimum absolute atomic E-state index is 0.990. The van der Waals surface area contributed by atoms with Crippen molar-refractivity contribution in [3.63, 3.8) is 0 Å². The van der Waals surface area contributed by atoms with Crippen molar-refractivity contribution in [1.82, 2.24) is 14.6 Å². The first kappa shape index (κ1) is 10.7. The normalized spacial score (nSPS) is 13.9. The van der Waals surface area contributed by atoms with Crippen molar-refractivity contribution in [2.75, 3.05) is 0 Å². The number of hydrogen-bond donors (Lipinski definition) is 0. The molecule has 0 radical (unpaired) electrons. The minimum Gasteiger partial charge on any atom is -0.236 e. The molecule has 0 unspecified atom stereocenters. The van der Waals surface area contributed by atoms with Crippen LogP contribution < -0.4 is 0 Å². The minimum atomic E-state index is 0.990. The van der Waals surface area contributed by atoms with Gasteiger partial charge in [-0.1, -0.05) is 30.3 Å². The van der Waals surface area contributed by atoms with Gasteiger partial charge >= 0.3 is 0 Å². The van der Waals surface area contributed by atoms with E-state index in [1.165, 1.54) is 23.2 Å². The van der Waals surface area contributed by atoms with E-state index in [-0.39, 0.29) is 0 Å². The van der Waals surface area contributed by atoms with Crippen LogP contribution in [0.2, 0.25) is 0 Å². The van der Waals surface area contributed by atoms with Gasteiger partial charge in [0.15, 0.2) is 5.65 Å². The average Bonchev–Trinajstić information content (AvgIpc) is 3.02. The van der Waals surface area contributed by atoms with Crippen LogP contribution in [0.3, 0.4) is 0 Å². The number of hydrogen-bond acceptors (Lipinski definition) is 2. The van der Waals surface area contributed by atoms with Gasteiger partial charge in [-0.15, -0.1) is 0 Å². The number of aryl methyl sites for hydroxylation is 3. The van der Waals surface area contributed by atoms with Crippen LogP contribution in [0.4, 0.5) is 0 Å². The van der Waals surface area contributed by atoms with E-state index in [1.807, 2.05) is 12.3 Å². The summed E-state index contributed by atoms with van der Waals surface area (Å²) in [5, 5.41) is 4.72. The first-order chi connectivity index (χ1) is 9.34. The predicted octanol–water partition coefficient (Wildman–Crippen LogP) is 3.19. The van der Waals surface area contributed by atoms with Crippen molar-refractivity contribution in [3.05, 3.63) is 53.5 Å². The van der Waals surface area contributed by atoms with Gasteiger partial charge in [-0.05, 0) is 37.3 Å². The number of rotatable bonds is 1. The Labute approximate surface area is 111 Å². The van der Waals surface area contributed by atoms with E-state index in [4.69, 9.17) is 5.10 Å². The van der Waals surface area contributed by atoms with Crippen LogP contribution in [0.15, 0.2) is 36.5 Å². The Kier molecular flexibility index (Phi) is 2.21. The predicted molar refractivity (Wildman–Crippen MR) is 75.2 cm³/mol. The molecule has 0 saturated heterocycles. The van der Waals surface area contributed by atoms with Crippen molar-refractivity contribution >= 4 is 5.65 Å². The Morgan fingerprint density at radius 2 is 1.95 bits per heavy atom. The second-order valence-electron chi connectivity index (χ2n) is 5.15. The van der Waals surface area contributed by atoms with Crippen LogP contribution in [0.1, 0.15) is 23.4 Å². The highest BCUT2D eigenvalue weighted by atomic mass is 15.3. The molecule has 3 nitrogen and oxygen atoms in total. The van der Waals surface area contributed by atoms with Gasteiger partial charge in [0.2, 0.25) is 0 Å². The van der Waals surface area contributed by atoms with Crippen LogP contribution >= 0.6 is 0 Å². The first-order valence-electron chi connectivity index (χ1n) is 6.76. The third kappa shape index (κ3) is 1.51. The molecule has 3 aromatic rings. The van der Waals surface area contributed by atoms with E-state index in [1.54, 1.807) is 0 Å². The highest BCUT2D eigenvalue weighted by Crippen LogP contribution is 2.30. The molecule has 0 amide bonds. The van der Waals surface area contributed by atoms with Gasteiger partial charge in [0.05, 0.1) is 5.69 Å². The Morgan fingerprint density at radius 3 is 2.79 bits per heavy atom. The van der Waals surface area contributed by atoms with Gasteiger partial charge < -0.3 is 0 Å². The van der Waals surface area contributed by atoms with Gasteiger partial charge in [0.25, 0.3) is 0 Å². The third-order valence-electron chi connectivity index (χ3n) is 3.93. The summed E-state index contributed by atoms with van der Waals surface area (Å²) in [5.74, 6) is 0. The van der Waals surface area contributed by atoms with Crippen molar-refractivity contribution in [1.29, 1.82) is 0 Å². The summed E-state index contributed by atoms with van der Waals surface area (Å²) in [5.41, 5.74) is 7.10. The molecule has 4 rings (SSSR count). The van der Waals surface area contributed by atoms with Crippen molar-refractivity contribution in [3.8, 4) is 11.1 Å². The molecule has 0 aliphatic heterocycles. The summed E-state index contributed by atoms with van der Waals surface area (Å²) in [6.07, 6.45) is 5.50. The maximum atomic E-state index is 4.72. The lowest BCUT2D eigenvalue weighted by Crippen LogP contribution is -1.99. The summed E-state index contributed by atoms with van der Waals surface area (Å²) >= 11 is 0. The van der Waals surface area contributed by atoms with Crippen LogP contribution in [-0.2, 0) is 12.8 Å². The molecule has 0 saturated carbocycles. The maximum Gasteiger partial charge on any atom is 0.163 e. The number of aromatic nitrogens is 3. The average molecular weight is 249 g/mol. The van der Waals surface area contributed by atoms with E-state index >= 15 is 0 Å². The Hall–Kier alpha value is -2.16. The Balaban J connectivity index is 2.05. The zero-order chi connectivity index (χ0) is 12.8. The molecular weight excluding hydrogens is 234 g/mol. The molecule has 3 heteroatoms. The zero-order valence-electron chi connectivity index (χ0n) is 10.9. The number of fused-ring (bicyclic) bond motifs is 3. The topological polar surface area (TPSA) is 30.2 Å². The smallest absolute Gasteiger partial charge is 0.163 e. The van der Waals surface area contributed by atoms with Gasteiger partial charge in [-0.25, -0.2) is 9.50 Å². The van der Waals surface area contributed by atoms with Crippen molar-refractivity contribution < 1.29 is 0 Å². The van der Waals surface area contributed by atoms with E-state index in [0.29, 0.717) is 0 Å². The summed E-state index contributed by atoms with van der Waals surface area (Å²) in [6, 6.07) is 10.4. The first-order valence-corrected chi connectivity index (χ1v) is 6.76. The molecule has 0 spiro atoms. The maximum absolute atomic E-state index is 4.72. The summed E-state index contributed by atoms with van der Waals surface area (Å²) < 4.78 is 2.06. The van der Waals surface area contributed by atoms with Gasteiger partial charge in [0.1, 0.15) is 0 Å². The standard InChI is InChI=1S/C16H15N3/c1-11-15(12-6-3-2-4-7-12)16-17-10-13-8-5-9-14(13)19(16)18-11/h2-4,6-7,10H,5,8-9H2,1H3. The summed E-state index contributed by atoms with van der Waals surface area (Å²) in [4.78, 5) is 4.65. The molecule has 1 aromatic carbocycles. The summed E-state index contributed by atoms with van der Waals surface area (Å²) in [6.45, 7) is 2.07. The number of nitrogens with zero attached hydrogens (tertiary/aromatic N) is 3. The molecule has 1 aliphatic rings. The fraction of sp³-hybridized carbons (Fsp3) is 0.250. The zero-order valence-corrected chi connectivity index (χ0v) is 10.9. The Bertz CT molecular complexity index is 757. The van der Waals surface area contributed by atoms with Gasteiger partial charge in [-0.3, -0.25) is 0 Å². The lowest BCUT2D eigenvalue weighted by atomic mass is 10.1. The number of benzene rings is 1. The SMILES string of the molecule is Cc1nn2c3c(cnc2c1-c1ccccc1)CCC3. The second kappa shape index (κ2) is 3.92. The van der Waals surface area contributed by atoms with Gasteiger partial charge in [-0.2, -0.15) is 5.10 Å². The fourth-order valence-electron chi connectivity index (χ4n) is 3.04. The quantitative estimate of drug-likeness (QED) is 0.663. The molecular formula is C16H15N3. The van der Waals surface area contributed by atoms with Crippen LogP contribution in [0.25, 0.3) is 16.8 Å². The van der Waals surface area contributed by atoms with Crippen molar-refractivity contribution in [2.45, 2.75) is 26.2 Å². The molecule has 0 fully saturated rings. The molecule has 94 valence electrons.